The normalized spacial score (nSPS) is 35.1. The summed E-state index contributed by atoms with van der Waals surface area (Å²) >= 11 is 0. The maximum absolute atomic E-state index is 11.4. The Hall–Kier alpha value is -0.570. The first-order valence-corrected chi connectivity index (χ1v) is 4.56. The minimum Gasteiger partial charge on any atom is -0.466 e. The minimum absolute atomic E-state index is 0.0462. The molecule has 1 saturated heterocycles. The molecule has 1 fully saturated rings. The Morgan fingerprint density at radius 2 is 2.25 bits per heavy atom. The second-order valence-corrected chi connectivity index (χ2v) is 3.45. The quantitative estimate of drug-likeness (QED) is 0.624. The van der Waals surface area contributed by atoms with Gasteiger partial charge in [0, 0.05) is 6.04 Å². The van der Waals surface area contributed by atoms with E-state index in [-0.39, 0.29) is 17.9 Å². The van der Waals surface area contributed by atoms with Gasteiger partial charge in [-0.05, 0) is 26.3 Å². The average Bonchev–Trinajstić information content (AvgIpc) is 2.32. The molecule has 0 aliphatic carbocycles. The summed E-state index contributed by atoms with van der Waals surface area (Å²) in [6.07, 6.45) is 0. The molecule has 12 heavy (non-hydrogen) atoms. The smallest absolute Gasteiger partial charge is 0.310 e. The Morgan fingerprint density at radius 1 is 1.58 bits per heavy atom. The topological polar surface area (TPSA) is 38.3 Å². The van der Waals surface area contributed by atoms with E-state index in [9.17, 15) is 4.79 Å². The van der Waals surface area contributed by atoms with E-state index in [1.165, 1.54) is 0 Å². The predicted octanol–water partition coefficient (Wildman–Crippen LogP) is 0.793. The molecule has 0 aromatic heterocycles. The Kier molecular flexibility index (Phi) is 3.09. The highest BCUT2D eigenvalue weighted by Crippen LogP contribution is 2.22. The number of nitrogens with one attached hydrogen (secondary N) is 1. The van der Waals surface area contributed by atoms with Crippen molar-refractivity contribution in [2.75, 3.05) is 13.2 Å². The van der Waals surface area contributed by atoms with Gasteiger partial charge in [-0.1, -0.05) is 6.92 Å². The van der Waals surface area contributed by atoms with Crippen molar-refractivity contribution in [3.63, 3.8) is 0 Å². The molecular formula is C9H17NO2. The Bertz CT molecular complexity index is 160. The summed E-state index contributed by atoms with van der Waals surface area (Å²) in [6, 6.07) is 0.263. The molecule has 1 N–H and O–H groups in total. The van der Waals surface area contributed by atoms with Crippen LogP contribution in [0, 0.1) is 11.8 Å². The van der Waals surface area contributed by atoms with Crippen molar-refractivity contribution in [2.45, 2.75) is 26.8 Å². The highest BCUT2D eigenvalue weighted by molar-refractivity contribution is 5.74. The predicted molar refractivity (Wildman–Crippen MR) is 46.8 cm³/mol. The van der Waals surface area contributed by atoms with Crippen LogP contribution in [0.25, 0.3) is 0 Å². The van der Waals surface area contributed by atoms with Crippen LogP contribution in [0.1, 0.15) is 20.8 Å². The molecule has 0 bridgehead atoms. The van der Waals surface area contributed by atoms with Crippen LogP contribution in [0.4, 0.5) is 0 Å². The van der Waals surface area contributed by atoms with Gasteiger partial charge in [0.15, 0.2) is 0 Å². The largest absolute Gasteiger partial charge is 0.466 e. The minimum atomic E-state index is -0.0532. The van der Waals surface area contributed by atoms with Crippen molar-refractivity contribution < 1.29 is 9.53 Å². The van der Waals surface area contributed by atoms with E-state index in [0.717, 1.165) is 6.54 Å². The fourth-order valence-corrected chi connectivity index (χ4v) is 1.79. The van der Waals surface area contributed by atoms with Crippen molar-refractivity contribution in [3.8, 4) is 0 Å². The molecule has 0 aromatic rings. The third-order valence-electron chi connectivity index (χ3n) is 2.47. The fourth-order valence-electron chi connectivity index (χ4n) is 1.79. The molecular weight excluding hydrogens is 154 g/mol. The van der Waals surface area contributed by atoms with Crippen LogP contribution < -0.4 is 5.32 Å². The molecule has 0 aromatic carbocycles. The summed E-state index contributed by atoms with van der Waals surface area (Å²) in [4.78, 5) is 11.4. The van der Waals surface area contributed by atoms with Gasteiger partial charge in [-0.3, -0.25) is 4.79 Å². The van der Waals surface area contributed by atoms with E-state index in [1.807, 2.05) is 13.8 Å². The van der Waals surface area contributed by atoms with Gasteiger partial charge in [-0.15, -0.1) is 0 Å². The molecule has 1 rings (SSSR count). The number of ether oxygens (including phenoxy) is 1. The molecule has 3 nitrogen and oxygen atoms in total. The molecule has 3 unspecified atom stereocenters. The van der Waals surface area contributed by atoms with Crippen LogP contribution in [0.15, 0.2) is 0 Å². The average molecular weight is 171 g/mol. The molecule has 3 heteroatoms. The van der Waals surface area contributed by atoms with Crippen LogP contribution in [-0.2, 0) is 9.53 Å². The second kappa shape index (κ2) is 3.90. The zero-order valence-corrected chi connectivity index (χ0v) is 7.96. The maximum atomic E-state index is 11.4. The Balaban J connectivity index is 2.53. The second-order valence-electron chi connectivity index (χ2n) is 3.45. The summed E-state index contributed by atoms with van der Waals surface area (Å²) in [5.74, 6) is 0.395. The van der Waals surface area contributed by atoms with Gasteiger partial charge >= 0.3 is 5.97 Å². The number of hydrogen-bond donors (Lipinski definition) is 1. The SMILES string of the molecule is CCOC(=O)C1C(C)CNC1C. The van der Waals surface area contributed by atoms with Crippen molar-refractivity contribution in [3.05, 3.63) is 0 Å². The van der Waals surface area contributed by atoms with Crippen molar-refractivity contribution in [1.29, 1.82) is 0 Å². The number of rotatable bonds is 2. The zero-order chi connectivity index (χ0) is 9.14. The van der Waals surface area contributed by atoms with Gasteiger partial charge in [0.2, 0.25) is 0 Å². The van der Waals surface area contributed by atoms with E-state index in [4.69, 9.17) is 4.74 Å². The monoisotopic (exact) mass is 171 g/mol. The third-order valence-corrected chi connectivity index (χ3v) is 2.47. The highest BCUT2D eigenvalue weighted by Gasteiger charge is 2.36. The standard InChI is InChI=1S/C9H17NO2/c1-4-12-9(11)8-6(2)5-10-7(8)3/h6-8,10H,4-5H2,1-3H3. The molecule has 0 saturated carbocycles. The first-order valence-electron chi connectivity index (χ1n) is 4.56. The van der Waals surface area contributed by atoms with Crippen LogP contribution >= 0.6 is 0 Å². The molecule has 1 heterocycles. The third kappa shape index (κ3) is 1.78. The van der Waals surface area contributed by atoms with Gasteiger partial charge in [0.05, 0.1) is 12.5 Å². The highest BCUT2D eigenvalue weighted by atomic mass is 16.5. The van der Waals surface area contributed by atoms with Crippen molar-refractivity contribution in [2.24, 2.45) is 11.8 Å². The number of carbonyl (C=O) groups is 1. The Labute approximate surface area is 73.5 Å². The fraction of sp³-hybridized carbons (Fsp3) is 0.889. The Morgan fingerprint density at radius 3 is 2.67 bits per heavy atom. The van der Waals surface area contributed by atoms with E-state index < -0.39 is 0 Å². The van der Waals surface area contributed by atoms with Gasteiger partial charge in [0.25, 0.3) is 0 Å². The molecule has 0 spiro atoms. The number of carbonyl (C=O) groups excluding carboxylic acids is 1. The molecule has 3 atom stereocenters. The first kappa shape index (κ1) is 9.52. The van der Waals surface area contributed by atoms with E-state index in [2.05, 4.69) is 12.2 Å². The lowest BCUT2D eigenvalue weighted by atomic mass is 9.93. The molecule has 0 amide bonds. The van der Waals surface area contributed by atoms with Crippen molar-refractivity contribution in [1.82, 2.24) is 5.32 Å². The summed E-state index contributed by atoms with van der Waals surface area (Å²) in [5.41, 5.74) is 0. The lowest BCUT2D eigenvalue weighted by molar-refractivity contribution is -0.149. The number of esters is 1. The summed E-state index contributed by atoms with van der Waals surface area (Å²) in [7, 11) is 0. The van der Waals surface area contributed by atoms with Crippen molar-refractivity contribution >= 4 is 5.97 Å². The molecule has 1 aliphatic rings. The van der Waals surface area contributed by atoms with E-state index in [0.29, 0.717) is 12.5 Å². The van der Waals surface area contributed by atoms with Crippen LogP contribution in [0.2, 0.25) is 0 Å². The van der Waals surface area contributed by atoms with Crippen LogP contribution in [0.5, 0.6) is 0 Å². The zero-order valence-electron chi connectivity index (χ0n) is 7.96. The molecule has 0 radical (unpaired) electrons. The number of hydrogen-bond acceptors (Lipinski definition) is 3. The van der Waals surface area contributed by atoms with Gasteiger partial charge in [-0.25, -0.2) is 0 Å². The van der Waals surface area contributed by atoms with Gasteiger partial charge < -0.3 is 10.1 Å². The summed E-state index contributed by atoms with van der Waals surface area (Å²) in [6.45, 7) is 7.36. The van der Waals surface area contributed by atoms with E-state index in [1.54, 1.807) is 0 Å². The van der Waals surface area contributed by atoms with E-state index >= 15 is 0 Å². The molecule has 1 aliphatic heterocycles. The first-order chi connectivity index (χ1) is 5.66. The van der Waals surface area contributed by atoms with Crippen LogP contribution in [0.3, 0.4) is 0 Å². The maximum Gasteiger partial charge on any atom is 0.310 e. The molecule has 70 valence electrons. The van der Waals surface area contributed by atoms with Gasteiger partial charge in [-0.2, -0.15) is 0 Å². The lowest BCUT2D eigenvalue weighted by Crippen LogP contribution is -2.31. The summed E-state index contributed by atoms with van der Waals surface area (Å²) < 4.78 is 4.99. The van der Waals surface area contributed by atoms with Crippen LogP contribution in [-0.4, -0.2) is 25.2 Å². The summed E-state index contributed by atoms with van der Waals surface area (Å²) in [5, 5.41) is 3.26. The lowest BCUT2D eigenvalue weighted by Gasteiger charge is -2.16. The van der Waals surface area contributed by atoms with Gasteiger partial charge in [0.1, 0.15) is 0 Å².